The lowest BCUT2D eigenvalue weighted by molar-refractivity contribution is -0.156. The van der Waals surface area contributed by atoms with Crippen LogP contribution in [0.4, 0.5) is 0 Å². The Morgan fingerprint density at radius 1 is 1.33 bits per heavy atom. The molecule has 0 aromatic carbocycles. The predicted octanol–water partition coefficient (Wildman–Crippen LogP) is 1.94. The van der Waals surface area contributed by atoms with Crippen LogP contribution >= 0.6 is 0 Å². The van der Waals surface area contributed by atoms with Gasteiger partial charge in [-0.25, -0.2) is 0 Å². The van der Waals surface area contributed by atoms with E-state index in [1.165, 1.54) is 0 Å². The fourth-order valence-electron chi connectivity index (χ4n) is 2.47. The second kappa shape index (κ2) is 5.72. The van der Waals surface area contributed by atoms with E-state index in [1.54, 1.807) is 4.90 Å². The number of nitrogens with zero attached hydrogens (tertiary/aromatic N) is 1. The Bertz CT molecular complexity index is 326. The lowest BCUT2D eigenvalue weighted by atomic mass is 9.92. The SMILES string of the molecule is CCCC(C)CN1C(=O)C(CC)NC(=O)C1(C)C. The van der Waals surface area contributed by atoms with Gasteiger partial charge in [-0.2, -0.15) is 0 Å². The van der Waals surface area contributed by atoms with Crippen molar-refractivity contribution >= 4 is 11.8 Å². The van der Waals surface area contributed by atoms with Crippen molar-refractivity contribution in [3.8, 4) is 0 Å². The highest BCUT2D eigenvalue weighted by molar-refractivity contribution is 5.99. The van der Waals surface area contributed by atoms with Crippen molar-refractivity contribution in [2.75, 3.05) is 6.54 Å². The quantitative estimate of drug-likeness (QED) is 0.815. The van der Waals surface area contributed by atoms with E-state index in [9.17, 15) is 9.59 Å². The molecule has 1 heterocycles. The van der Waals surface area contributed by atoms with E-state index in [4.69, 9.17) is 0 Å². The van der Waals surface area contributed by atoms with Crippen molar-refractivity contribution in [1.82, 2.24) is 10.2 Å². The van der Waals surface area contributed by atoms with Gasteiger partial charge in [-0.1, -0.05) is 27.2 Å². The highest BCUT2D eigenvalue weighted by Crippen LogP contribution is 2.24. The van der Waals surface area contributed by atoms with Gasteiger partial charge in [-0.05, 0) is 32.6 Å². The molecule has 2 unspecified atom stereocenters. The number of nitrogens with one attached hydrogen (secondary N) is 1. The number of piperazine rings is 1. The molecule has 1 rings (SSSR count). The van der Waals surface area contributed by atoms with Crippen LogP contribution in [-0.2, 0) is 9.59 Å². The predicted molar refractivity (Wildman–Crippen MR) is 72.1 cm³/mol. The molecule has 1 aliphatic rings. The molecular formula is C14H26N2O2. The fourth-order valence-corrected chi connectivity index (χ4v) is 2.47. The molecule has 1 saturated heterocycles. The highest BCUT2D eigenvalue weighted by Gasteiger charge is 2.45. The van der Waals surface area contributed by atoms with Crippen LogP contribution in [0, 0.1) is 5.92 Å². The monoisotopic (exact) mass is 254 g/mol. The van der Waals surface area contributed by atoms with E-state index in [1.807, 2.05) is 20.8 Å². The van der Waals surface area contributed by atoms with E-state index >= 15 is 0 Å². The number of carbonyl (C=O) groups is 2. The molecule has 1 aliphatic heterocycles. The van der Waals surface area contributed by atoms with Crippen molar-refractivity contribution in [1.29, 1.82) is 0 Å². The maximum absolute atomic E-state index is 12.4. The van der Waals surface area contributed by atoms with Gasteiger partial charge >= 0.3 is 0 Å². The molecule has 0 aromatic heterocycles. The molecule has 1 N–H and O–H groups in total. The number of rotatable bonds is 5. The van der Waals surface area contributed by atoms with Gasteiger partial charge in [-0.3, -0.25) is 9.59 Å². The topological polar surface area (TPSA) is 49.4 Å². The van der Waals surface area contributed by atoms with E-state index < -0.39 is 5.54 Å². The largest absolute Gasteiger partial charge is 0.342 e. The van der Waals surface area contributed by atoms with Crippen molar-refractivity contribution in [3.05, 3.63) is 0 Å². The average Bonchev–Trinajstić information content (AvgIpc) is 2.30. The van der Waals surface area contributed by atoms with Crippen LogP contribution in [0.3, 0.4) is 0 Å². The minimum atomic E-state index is -0.731. The Kier molecular flexibility index (Phi) is 4.77. The Balaban J connectivity index is 2.87. The molecule has 104 valence electrons. The smallest absolute Gasteiger partial charge is 0.246 e. The maximum atomic E-state index is 12.4. The summed E-state index contributed by atoms with van der Waals surface area (Å²) in [6.07, 6.45) is 2.84. The summed E-state index contributed by atoms with van der Waals surface area (Å²) >= 11 is 0. The Morgan fingerprint density at radius 2 is 1.94 bits per heavy atom. The molecule has 2 atom stereocenters. The summed E-state index contributed by atoms with van der Waals surface area (Å²) in [4.78, 5) is 26.2. The summed E-state index contributed by atoms with van der Waals surface area (Å²) in [6.45, 7) is 10.5. The van der Waals surface area contributed by atoms with Gasteiger partial charge in [0.2, 0.25) is 11.8 Å². The molecule has 0 aromatic rings. The van der Waals surface area contributed by atoms with Crippen LogP contribution in [0.25, 0.3) is 0 Å². The second-order valence-electron chi connectivity index (χ2n) is 5.84. The summed E-state index contributed by atoms with van der Waals surface area (Å²) in [5.41, 5.74) is -0.731. The third-order valence-corrected chi connectivity index (χ3v) is 3.78. The highest BCUT2D eigenvalue weighted by atomic mass is 16.2. The molecule has 4 nitrogen and oxygen atoms in total. The van der Waals surface area contributed by atoms with E-state index in [0.717, 1.165) is 12.8 Å². The zero-order valence-corrected chi connectivity index (χ0v) is 12.2. The van der Waals surface area contributed by atoms with Crippen LogP contribution < -0.4 is 5.32 Å². The lowest BCUT2D eigenvalue weighted by Crippen LogP contribution is -2.68. The number of hydrogen-bond donors (Lipinski definition) is 1. The van der Waals surface area contributed by atoms with Crippen molar-refractivity contribution in [2.24, 2.45) is 5.92 Å². The van der Waals surface area contributed by atoms with Gasteiger partial charge in [-0.15, -0.1) is 0 Å². The van der Waals surface area contributed by atoms with Crippen LogP contribution in [0.5, 0.6) is 0 Å². The minimum Gasteiger partial charge on any atom is -0.342 e. The molecule has 18 heavy (non-hydrogen) atoms. The third kappa shape index (κ3) is 2.85. The first-order chi connectivity index (χ1) is 8.34. The first-order valence-electron chi connectivity index (χ1n) is 6.97. The van der Waals surface area contributed by atoms with Crippen molar-refractivity contribution in [3.63, 3.8) is 0 Å². The number of hydrogen-bond acceptors (Lipinski definition) is 2. The molecule has 4 heteroatoms. The van der Waals surface area contributed by atoms with E-state index in [2.05, 4.69) is 19.2 Å². The average molecular weight is 254 g/mol. The van der Waals surface area contributed by atoms with Crippen molar-refractivity contribution < 1.29 is 9.59 Å². The summed E-state index contributed by atoms with van der Waals surface area (Å²) in [7, 11) is 0. The van der Waals surface area contributed by atoms with E-state index in [-0.39, 0.29) is 17.9 Å². The molecule has 0 radical (unpaired) electrons. The lowest BCUT2D eigenvalue weighted by Gasteiger charge is -2.45. The van der Waals surface area contributed by atoms with Gasteiger partial charge in [0.1, 0.15) is 11.6 Å². The Morgan fingerprint density at radius 3 is 2.44 bits per heavy atom. The van der Waals surface area contributed by atoms with E-state index in [0.29, 0.717) is 18.9 Å². The Hall–Kier alpha value is -1.06. The first-order valence-corrected chi connectivity index (χ1v) is 6.97. The van der Waals surface area contributed by atoms with Crippen molar-refractivity contribution in [2.45, 2.75) is 65.5 Å². The van der Waals surface area contributed by atoms with Gasteiger partial charge in [0, 0.05) is 6.54 Å². The van der Waals surface area contributed by atoms with Gasteiger partial charge in [0.15, 0.2) is 0 Å². The summed E-state index contributed by atoms with van der Waals surface area (Å²) in [5.74, 6) is 0.448. The van der Waals surface area contributed by atoms with Crippen LogP contribution in [0.2, 0.25) is 0 Å². The first kappa shape index (κ1) is 15.0. The zero-order valence-electron chi connectivity index (χ0n) is 12.2. The second-order valence-corrected chi connectivity index (χ2v) is 5.84. The molecule has 0 aliphatic carbocycles. The summed E-state index contributed by atoms with van der Waals surface area (Å²) in [5, 5.41) is 2.81. The van der Waals surface area contributed by atoms with Gasteiger partial charge < -0.3 is 10.2 Å². The number of amides is 2. The fraction of sp³-hybridized carbons (Fsp3) is 0.857. The van der Waals surface area contributed by atoms with Crippen LogP contribution in [0.15, 0.2) is 0 Å². The molecule has 0 bridgehead atoms. The number of carbonyl (C=O) groups excluding carboxylic acids is 2. The molecule has 0 saturated carbocycles. The van der Waals surface area contributed by atoms with Crippen LogP contribution in [-0.4, -0.2) is 34.8 Å². The summed E-state index contributed by atoms with van der Waals surface area (Å²) < 4.78 is 0. The molecule has 1 fully saturated rings. The Labute approximate surface area is 110 Å². The zero-order chi connectivity index (χ0) is 13.9. The maximum Gasteiger partial charge on any atom is 0.246 e. The van der Waals surface area contributed by atoms with Crippen LogP contribution in [0.1, 0.15) is 53.9 Å². The van der Waals surface area contributed by atoms with Gasteiger partial charge in [0.05, 0.1) is 0 Å². The normalized spacial score (nSPS) is 24.9. The van der Waals surface area contributed by atoms with Gasteiger partial charge in [0.25, 0.3) is 0 Å². The molecular weight excluding hydrogens is 228 g/mol. The minimum absolute atomic E-state index is 0.0438. The third-order valence-electron chi connectivity index (χ3n) is 3.78. The standard InChI is InChI=1S/C14H26N2O2/c1-6-8-10(3)9-16-12(17)11(7-2)15-13(18)14(16,4)5/h10-11H,6-9H2,1-5H3,(H,15,18). The summed E-state index contributed by atoms with van der Waals surface area (Å²) in [6, 6.07) is -0.348. The molecule has 0 spiro atoms. The molecule has 2 amide bonds.